The van der Waals surface area contributed by atoms with Gasteiger partial charge in [0.25, 0.3) is 0 Å². The fourth-order valence-corrected chi connectivity index (χ4v) is 3.24. The van der Waals surface area contributed by atoms with E-state index in [1.165, 1.54) is 18.4 Å². The number of ketones is 1. The molecule has 2 aliphatic rings. The lowest BCUT2D eigenvalue weighted by molar-refractivity contribution is 0.0766. The molecular formula is C19H31NO. The molecule has 1 aromatic carbocycles. The van der Waals surface area contributed by atoms with Crippen molar-refractivity contribution in [1.82, 2.24) is 4.90 Å². The van der Waals surface area contributed by atoms with Gasteiger partial charge in [-0.05, 0) is 25.1 Å². The smallest absolute Gasteiger partial charge is 0.164 e. The second kappa shape index (κ2) is 7.74. The zero-order valence-electron chi connectivity index (χ0n) is 14.6. The number of likely N-dealkylation sites (N-methyl/N-ethyl adjacent to an activating group) is 1. The Morgan fingerprint density at radius 2 is 1.62 bits per heavy atom. The number of benzene rings is 1. The van der Waals surface area contributed by atoms with Crippen molar-refractivity contribution < 1.29 is 4.79 Å². The summed E-state index contributed by atoms with van der Waals surface area (Å²) in [5.74, 6) is 0.344. The summed E-state index contributed by atoms with van der Waals surface area (Å²) in [6.07, 6.45) is 3.22. The monoisotopic (exact) mass is 289 g/mol. The number of Topliss-reactive ketones (excluding diaryl/α,β-unsaturated/α-hetero) is 1. The van der Waals surface area contributed by atoms with Gasteiger partial charge in [-0.15, -0.1) is 0 Å². The molecule has 0 unspecified atom stereocenters. The van der Waals surface area contributed by atoms with Crippen LogP contribution in [0.4, 0.5) is 0 Å². The molecule has 0 bridgehead atoms. The van der Waals surface area contributed by atoms with Crippen molar-refractivity contribution in [2.75, 3.05) is 20.1 Å². The van der Waals surface area contributed by atoms with Crippen molar-refractivity contribution in [2.45, 2.75) is 59.3 Å². The van der Waals surface area contributed by atoms with E-state index in [0.717, 1.165) is 30.6 Å². The van der Waals surface area contributed by atoms with Crippen LogP contribution in [0.2, 0.25) is 0 Å². The second-order valence-electron chi connectivity index (χ2n) is 6.46. The minimum absolute atomic E-state index is 0.160. The first-order valence-corrected chi connectivity index (χ1v) is 8.27. The van der Waals surface area contributed by atoms with Crippen LogP contribution in [0.25, 0.3) is 0 Å². The molecule has 1 aliphatic heterocycles. The molecule has 2 heteroatoms. The number of rotatable bonds is 0. The largest absolute Gasteiger partial charge is 0.304 e. The Kier molecular flexibility index (Phi) is 6.60. The van der Waals surface area contributed by atoms with Gasteiger partial charge in [0.2, 0.25) is 0 Å². The maximum atomic E-state index is 12.0. The average molecular weight is 289 g/mol. The number of aryl methyl sites for hydroxylation is 1. The van der Waals surface area contributed by atoms with Gasteiger partial charge in [-0.2, -0.15) is 0 Å². The predicted octanol–water partition coefficient (Wildman–Crippen LogP) is 4.60. The van der Waals surface area contributed by atoms with Gasteiger partial charge in [-0.3, -0.25) is 4.79 Å². The molecule has 118 valence electrons. The Labute approximate surface area is 130 Å². The third-order valence-corrected chi connectivity index (χ3v) is 3.77. The summed E-state index contributed by atoms with van der Waals surface area (Å²) in [4.78, 5) is 14.3. The Morgan fingerprint density at radius 3 is 2.10 bits per heavy atom. The van der Waals surface area contributed by atoms with Gasteiger partial charge >= 0.3 is 0 Å². The Bertz CT molecular complexity index is 470. The van der Waals surface area contributed by atoms with E-state index in [0.29, 0.717) is 5.78 Å². The molecule has 0 amide bonds. The normalized spacial score (nSPS) is 18.1. The maximum Gasteiger partial charge on any atom is 0.164 e. The lowest BCUT2D eigenvalue weighted by atomic mass is 9.75. The molecule has 1 aromatic rings. The molecule has 2 nitrogen and oxygen atoms in total. The highest BCUT2D eigenvalue weighted by molar-refractivity contribution is 6.03. The Balaban J connectivity index is 0.000000321. The summed E-state index contributed by atoms with van der Waals surface area (Å²) in [6.45, 7) is 12.6. The van der Waals surface area contributed by atoms with Gasteiger partial charge in [0.15, 0.2) is 5.78 Å². The molecule has 1 heterocycles. The molecule has 0 aromatic heterocycles. The summed E-state index contributed by atoms with van der Waals surface area (Å²) in [7, 11) is 2.11. The fourth-order valence-electron chi connectivity index (χ4n) is 3.24. The van der Waals surface area contributed by atoms with Gasteiger partial charge in [-0.1, -0.05) is 58.7 Å². The first kappa shape index (κ1) is 17.9. The average Bonchev–Trinajstić information content (AvgIpc) is 2.66. The van der Waals surface area contributed by atoms with E-state index in [2.05, 4.69) is 51.8 Å². The van der Waals surface area contributed by atoms with E-state index in [1.54, 1.807) is 0 Å². The van der Waals surface area contributed by atoms with Crippen LogP contribution in [-0.4, -0.2) is 30.8 Å². The second-order valence-corrected chi connectivity index (χ2v) is 6.46. The number of carbonyl (C=O) groups is 1. The SMILES string of the molecule is CCC.CCC.Cc1cccc2c1C(=O)CC21CN(C)C1. The molecule has 1 fully saturated rings. The van der Waals surface area contributed by atoms with Crippen LogP contribution in [0.5, 0.6) is 0 Å². The zero-order chi connectivity index (χ0) is 16.0. The van der Waals surface area contributed by atoms with Crippen LogP contribution >= 0.6 is 0 Å². The quantitative estimate of drug-likeness (QED) is 0.696. The van der Waals surface area contributed by atoms with Gasteiger partial charge in [0, 0.05) is 30.5 Å². The van der Waals surface area contributed by atoms with Crippen LogP contribution in [0.15, 0.2) is 18.2 Å². The highest BCUT2D eigenvalue weighted by atomic mass is 16.1. The van der Waals surface area contributed by atoms with Crippen molar-refractivity contribution in [3.05, 3.63) is 34.9 Å². The van der Waals surface area contributed by atoms with Crippen LogP contribution < -0.4 is 0 Å². The number of fused-ring (bicyclic) bond motifs is 2. The van der Waals surface area contributed by atoms with E-state index < -0.39 is 0 Å². The summed E-state index contributed by atoms with van der Waals surface area (Å²) in [5.41, 5.74) is 3.60. The minimum atomic E-state index is 0.160. The van der Waals surface area contributed by atoms with Crippen LogP contribution in [0, 0.1) is 6.92 Å². The third kappa shape index (κ3) is 3.74. The maximum absolute atomic E-state index is 12.0. The first-order chi connectivity index (χ1) is 9.95. The van der Waals surface area contributed by atoms with Gasteiger partial charge in [0.05, 0.1) is 0 Å². The van der Waals surface area contributed by atoms with E-state index >= 15 is 0 Å². The molecule has 1 saturated heterocycles. The van der Waals surface area contributed by atoms with E-state index in [-0.39, 0.29) is 5.41 Å². The summed E-state index contributed by atoms with van der Waals surface area (Å²) in [6, 6.07) is 6.26. The summed E-state index contributed by atoms with van der Waals surface area (Å²) >= 11 is 0. The number of hydrogen-bond acceptors (Lipinski definition) is 2. The summed E-state index contributed by atoms with van der Waals surface area (Å²) < 4.78 is 0. The number of nitrogens with zero attached hydrogens (tertiary/aromatic N) is 1. The number of carbonyl (C=O) groups excluding carboxylic acids is 1. The first-order valence-electron chi connectivity index (χ1n) is 8.27. The Hall–Kier alpha value is -1.15. The lowest BCUT2D eigenvalue weighted by Crippen LogP contribution is -2.56. The number of likely N-dealkylation sites (tertiary alicyclic amines) is 1. The molecular weight excluding hydrogens is 258 g/mol. The van der Waals surface area contributed by atoms with Crippen molar-refractivity contribution in [2.24, 2.45) is 0 Å². The van der Waals surface area contributed by atoms with Crippen molar-refractivity contribution >= 4 is 5.78 Å². The van der Waals surface area contributed by atoms with Gasteiger partial charge < -0.3 is 4.90 Å². The molecule has 0 saturated carbocycles. The topological polar surface area (TPSA) is 20.3 Å². The zero-order valence-corrected chi connectivity index (χ0v) is 14.6. The van der Waals surface area contributed by atoms with E-state index in [4.69, 9.17) is 0 Å². The molecule has 0 N–H and O–H groups in total. The van der Waals surface area contributed by atoms with E-state index in [9.17, 15) is 4.79 Å². The molecule has 0 radical (unpaired) electrons. The highest BCUT2D eigenvalue weighted by Crippen LogP contribution is 2.45. The van der Waals surface area contributed by atoms with Crippen molar-refractivity contribution in [1.29, 1.82) is 0 Å². The predicted molar refractivity (Wildman–Crippen MR) is 91.2 cm³/mol. The fraction of sp³-hybridized carbons (Fsp3) is 0.632. The van der Waals surface area contributed by atoms with Gasteiger partial charge in [-0.25, -0.2) is 0 Å². The molecule has 1 aliphatic carbocycles. The number of hydrogen-bond donors (Lipinski definition) is 0. The Morgan fingerprint density at radius 1 is 1.10 bits per heavy atom. The van der Waals surface area contributed by atoms with Crippen LogP contribution in [0.1, 0.15) is 68.4 Å². The van der Waals surface area contributed by atoms with Gasteiger partial charge in [0.1, 0.15) is 0 Å². The van der Waals surface area contributed by atoms with Crippen molar-refractivity contribution in [3.63, 3.8) is 0 Å². The third-order valence-electron chi connectivity index (χ3n) is 3.77. The van der Waals surface area contributed by atoms with E-state index in [1.807, 2.05) is 13.0 Å². The molecule has 3 rings (SSSR count). The molecule has 1 spiro atoms. The van der Waals surface area contributed by atoms with Crippen molar-refractivity contribution in [3.8, 4) is 0 Å². The highest BCUT2D eigenvalue weighted by Gasteiger charge is 2.50. The molecule has 21 heavy (non-hydrogen) atoms. The van der Waals surface area contributed by atoms with Crippen LogP contribution in [-0.2, 0) is 5.41 Å². The molecule has 0 atom stereocenters. The summed E-state index contributed by atoms with van der Waals surface area (Å²) in [5, 5.41) is 0. The van der Waals surface area contributed by atoms with Crippen LogP contribution in [0.3, 0.4) is 0 Å². The minimum Gasteiger partial charge on any atom is -0.304 e. The standard InChI is InChI=1S/C13H15NO.2C3H8/c1-9-4-3-5-10-12(9)11(15)6-13(10)7-14(2)8-13;2*1-3-2/h3-5H,6-8H2,1-2H3;2*3H2,1-2H3. The lowest BCUT2D eigenvalue weighted by Gasteiger charge is -2.46.